The Labute approximate surface area is 176 Å². The number of rotatable bonds is 3. The third-order valence-electron chi connectivity index (χ3n) is 5.66. The molecule has 0 atom stereocenters. The maximum absolute atomic E-state index is 13.2. The first-order valence-corrected chi connectivity index (χ1v) is 11.4. The zero-order valence-electron chi connectivity index (χ0n) is 16.4. The summed E-state index contributed by atoms with van der Waals surface area (Å²) in [5.41, 5.74) is 3.19. The van der Waals surface area contributed by atoms with E-state index < -0.39 is 10.0 Å². The van der Waals surface area contributed by atoms with Gasteiger partial charge in [0.15, 0.2) is 0 Å². The maximum Gasteiger partial charge on any atom is 0.414 e. The number of halogens is 1. The van der Waals surface area contributed by atoms with Gasteiger partial charge in [0.1, 0.15) is 6.61 Å². The molecule has 0 N–H and O–H groups in total. The van der Waals surface area contributed by atoms with Crippen molar-refractivity contribution >= 4 is 33.4 Å². The molecule has 0 saturated carbocycles. The molecule has 2 aromatic carbocycles. The fourth-order valence-electron chi connectivity index (χ4n) is 4.03. The predicted molar refractivity (Wildman–Crippen MR) is 112 cm³/mol. The van der Waals surface area contributed by atoms with Crippen LogP contribution in [-0.4, -0.2) is 37.9 Å². The number of para-hydroxylation sites is 1. The van der Waals surface area contributed by atoms with Crippen molar-refractivity contribution in [2.24, 2.45) is 0 Å². The summed E-state index contributed by atoms with van der Waals surface area (Å²) in [6.45, 7) is 4.52. The predicted octanol–water partition coefficient (Wildman–Crippen LogP) is 4.27. The average molecular weight is 435 g/mol. The molecular formula is C21H23ClN2O4S. The van der Waals surface area contributed by atoms with Crippen molar-refractivity contribution in [2.45, 2.75) is 44.2 Å². The molecule has 1 amide bonds. The number of benzene rings is 2. The Morgan fingerprint density at radius 3 is 2.48 bits per heavy atom. The van der Waals surface area contributed by atoms with E-state index >= 15 is 0 Å². The highest BCUT2D eigenvalue weighted by molar-refractivity contribution is 7.89. The van der Waals surface area contributed by atoms with E-state index in [2.05, 4.69) is 0 Å². The van der Waals surface area contributed by atoms with Crippen LogP contribution in [0.15, 0.2) is 41.3 Å². The molecule has 2 aromatic rings. The second kappa shape index (κ2) is 7.63. The fraction of sp³-hybridized carbons (Fsp3) is 0.381. The van der Waals surface area contributed by atoms with Crippen LogP contribution in [-0.2, 0) is 21.4 Å². The van der Waals surface area contributed by atoms with Crippen molar-refractivity contribution < 1.29 is 17.9 Å². The van der Waals surface area contributed by atoms with Crippen molar-refractivity contribution in [3.63, 3.8) is 0 Å². The molecular weight excluding hydrogens is 412 g/mol. The van der Waals surface area contributed by atoms with Gasteiger partial charge in [0.25, 0.3) is 0 Å². The van der Waals surface area contributed by atoms with Crippen LogP contribution in [0.2, 0.25) is 5.02 Å². The van der Waals surface area contributed by atoms with Crippen LogP contribution in [0.1, 0.15) is 29.5 Å². The zero-order valence-corrected chi connectivity index (χ0v) is 18.0. The minimum atomic E-state index is -3.62. The Morgan fingerprint density at radius 2 is 1.76 bits per heavy atom. The average Bonchev–Trinajstić information content (AvgIpc) is 2.70. The van der Waals surface area contributed by atoms with Crippen LogP contribution in [0.5, 0.6) is 0 Å². The number of sulfonamides is 1. The number of carbonyl (C=O) groups excluding carboxylic acids is 1. The molecule has 29 heavy (non-hydrogen) atoms. The lowest BCUT2D eigenvalue weighted by atomic mass is 10.0. The number of carbonyl (C=O) groups is 1. The summed E-state index contributed by atoms with van der Waals surface area (Å²) in [5, 5.41) is 0.558. The Balaban J connectivity index is 1.54. The number of amides is 1. The number of ether oxygens (including phenoxy) is 1. The summed E-state index contributed by atoms with van der Waals surface area (Å²) in [5.74, 6) is 0. The first kappa shape index (κ1) is 20.2. The van der Waals surface area contributed by atoms with E-state index in [4.69, 9.17) is 16.3 Å². The van der Waals surface area contributed by atoms with Gasteiger partial charge in [-0.15, -0.1) is 0 Å². The van der Waals surface area contributed by atoms with Gasteiger partial charge in [-0.1, -0.05) is 29.8 Å². The number of hydrogen-bond acceptors (Lipinski definition) is 4. The number of hydrogen-bond donors (Lipinski definition) is 0. The summed E-state index contributed by atoms with van der Waals surface area (Å²) in [6.07, 6.45) is 0.733. The minimum absolute atomic E-state index is 0.0940. The van der Waals surface area contributed by atoms with Gasteiger partial charge >= 0.3 is 6.09 Å². The molecule has 0 unspecified atom stereocenters. The Kier molecular flexibility index (Phi) is 5.31. The Hall–Kier alpha value is -2.09. The number of cyclic esters (lactones) is 1. The third kappa shape index (κ3) is 3.63. The molecule has 0 spiro atoms. The molecule has 2 aliphatic heterocycles. The SMILES string of the molecule is Cc1cc(S(=O)(=O)N2CCC(N3C(=O)OCc4ccccc43)CC2)c(C)cc1Cl. The number of piperidine rings is 1. The fourth-order valence-corrected chi connectivity index (χ4v) is 6.01. The van der Waals surface area contributed by atoms with Crippen LogP contribution in [0.4, 0.5) is 10.5 Å². The molecule has 2 heterocycles. The largest absolute Gasteiger partial charge is 0.444 e. The highest BCUT2D eigenvalue weighted by Gasteiger charge is 2.37. The lowest BCUT2D eigenvalue weighted by Gasteiger charge is -2.39. The maximum atomic E-state index is 13.2. The molecule has 0 radical (unpaired) electrons. The summed E-state index contributed by atoms with van der Waals surface area (Å²) >= 11 is 6.12. The molecule has 8 heteroatoms. The van der Waals surface area contributed by atoms with Crippen molar-refractivity contribution in [1.82, 2.24) is 4.31 Å². The quantitative estimate of drug-likeness (QED) is 0.723. The van der Waals surface area contributed by atoms with E-state index in [1.807, 2.05) is 24.3 Å². The normalized spacial score (nSPS) is 18.4. The van der Waals surface area contributed by atoms with Crippen molar-refractivity contribution in [3.8, 4) is 0 Å². The van der Waals surface area contributed by atoms with Crippen LogP contribution in [0.25, 0.3) is 0 Å². The number of aryl methyl sites for hydroxylation is 2. The van der Waals surface area contributed by atoms with E-state index in [-0.39, 0.29) is 18.7 Å². The van der Waals surface area contributed by atoms with E-state index in [0.717, 1.165) is 16.8 Å². The molecule has 154 valence electrons. The molecule has 6 nitrogen and oxygen atoms in total. The van der Waals surface area contributed by atoms with Gasteiger partial charge in [0.05, 0.1) is 10.6 Å². The zero-order chi connectivity index (χ0) is 20.8. The summed E-state index contributed by atoms with van der Waals surface area (Å²) in [4.78, 5) is 14.4. The van der Waals surface area contributed by atoms with Gasteiger partial charge in [-0.05, 0) is 56.0 Å². The lowest BCUT2D eigenvalue weighted by molar-refractivity contribution is 0.136. The number of fused-ring (bicyclic) bond motifs is 1. The van der Waals surface area contributed by atoms with Crippen LogP contribution < -0.4 is 4.90 Å². The van der Waals surface area contributed by atoms with Gasteiger partial charge < -0.3 is 4.74 Å². The van der Waals surface area contributed by atoms with Gasteiger partial charge in [0, 0.05) is 29.7 Å². The van der Waals surface area contributed by atoms with Crippen LogP contribution >= 0.6 is 11.6 Å². The van der Waals surface area contributed by atoms with E-state index in [0.29, 0.717) is 41.4 Å². The monoisotopic (exact) mass is 434 g/mol. The minimum Gasteiger partial charge on any atom is -0.444 e. The highest BCUT2D eigenvalue weighted by Crippen LogP contribution is 2.33. The molecule has 1 fully saturated rings. The van der Waals surface area contributed by atoms with Crippen LogP contribution in [0, 0.1) is 13.8 Å². The van der Waals surface area contributed by atoms with E-state index in [1.54, 1.807) is 30.9 Å². The second-order valence-electron chi connectivity index (χ2n) is 7.56. The van der Waals surface area contributed by atoms with Gasteiger partial charge in [-0.2, -0.15) is 4.31 Å². The number of anilines is 1. The molecule has 0 aliphatic carbocycles. The topological polar surface area (TPSA) is 66.9 Å². The summed E-state index contributed by atoms with van der Waals surface area (Å²) in [6, 6.07) is 10.9. The molecule has 1 saturated heterocycles. The van der Waals surface area contributed by atoms with E-state index in [1.165, 1.54) is 4.31 Å². The van der Waals surface area contributed by atoms with Gasteiger partial charge in [0.2, 0.25) is 10.0 Å². The van der Waals surface area contributed by atoms with Gasteiger partial charge in [-0.3, -0.25) is 4.90 Å². The van der Waals surface area contributed by atoms with Crippen molar-refractivity contribution in [2.75, 3.05) is 18.0 Å². The third-order valence-corrected chi connectivity index (χ3v) is 8.11. The second-order valence-corrected chi connectivity index (χ2v) is 9.87. The van der Waals surface area contributed by atoms with Crippen LogP contribution in [0.3, 0.4) is 0 Å². The first-order valence-electron chi connectivity index (χ1n) is 9.60. The molecule has 0 bridgehead atoms. The van der Waals surface area contributed by atoms with Crippen molar-refractivity contribution in [3.05, 3.63) is 58.1 Å². The summed E-state index contributed by atoms with van der Waals surface area (Å²) in [7, 11) is -3.62. The molecule has 0 aromatic heterocycles. The Bertz CT molecular complexity index is 1060. The van der Waals surface area contributed by atoms with Crippen molar-refractivity contribution in [1.29, 1.82) is 0 Å². The highest BCUT2D eigenvalue weighted by atomic mass is 35.5. The molecule has 2 aliphatic rings. The van der Waals surface area contributed by atoms with Gasteiger partial charge in [-0.25, -0.2) is 13.2 Å². The number of nitrogens with zero attached hydrogens (tertiary/aromatic N) is 2. The smallest absolute Gasteiger partial charge is 0.414 e. The lowest BCUT2D eigenvalue weighted by Crippen LogP contribution is -2.50. The first-order chi connectivity index (χ1) is 13.8. The Morgan fingerprint density at radius 1 is 1.07 bits per heavy atom. The molecule has 4 rings (SSSR count). The van der Waals surface area contributed by atoms with E-state index in [9.17, 15) is 13.2 Å². The summed E-state index contributed by atoms with van der Waals surface area (Å²) < 4.78 is 33.2. The standard InChI is InChI=1S/C21H23ClN2O4S/c1-14-12-20(15(2)11-18(14)22)29(26,27)23-9-7-17(8-10-23)24-19-6-4-3-5-16(19)13-28-21(24)25/h3-6,11-12,17H,7-10,13H2,1-2H3.